The number of aliphatic hydroxyl groups is 1. The Labute approximate surface area is 67.3 Å². The number of methoxy groups -OCH3 is 1. The van der Waals surface area contributed by atoms with Crippen molar-refractivity contribution in [1.82, 2.24) is 0 Å². The molecule has 1 fully saturated rings. The largest absolute Gasteiger partial charge is 0.387 e. The highest BCUT2D eigenvalue weighted by Gasteiger charge is 2.44. The first kappa shape index (κ1) is 8.97. The summed E-state index contributed by atoms with van der Waals surface area (Å²) >= 11 is 0. The Morgan fingerprint density at radius 3 is 2.64 bits per heavy atom. The zero-order chi connectivity index (χ0) is 8.48. The predicted octanol–water partition coefficient (Wildman–Crippen LogP) is 0.766. The SMILES string of the molecule is CC[C@]1(C)CO[C@@H](OC)[C@@H]1O. The molecule has 11 heavy (non-hydrogen) atoms. The molecule has 0 unspecified atom stereocenters. The Kier molecular flexibility index (Phi) is 2.52. The van der Waals surface area contributed by atoms with E-state index >= 15 is 0 Å². The molecule has 0 aromatic carbocycles. The molecule has 0 saturated carbocycles. The van der Waals surface area contributed by atoms with Gasteiger partial charge < -0.3 is 14.6 Å². The van der Waals surface area contributed by atoms with E-state index in [0.717, 1.165) is 6.42 Å². The lowest BCUT2D eigenvalue weighted by molar-refractivity contribution is -0.135. The van der Waals surface area contributed by atoms with Crippen molar-refractivity contribution >= 4 is 0 Å². The smallest absolute Gasteiger partial charge is 0.183 e. The fourth-order valence-electron chi connectivity index (χ4n) is 1.29. The number of hydrogen-bond donors (Lipinski definition) is 1. The molecule has 1 aliphatic heterocycles. The Balaban J connectivity index is 2.61. The fraction of sp³-hybridized carbons (Fsp3) is 1.00. The number of hydrogen-bond acceptors (Lipinski definition) is 3. The van der Waals surface area contributed by atoms with Crippen molar-refractivity contribution in [2.24, 2.45) is 5.41 Å². The van der Waals surface area contributed by atoms with Gasteiger partial charge in [-0.3, -0.25) is 0 Å². The van der Waals surface area contributed by atoms with Gasteiger partial charge >= 0.3 is 0 Å². The average molecular weight is 160 g/mol. The van der Waals surface area contributed by atoms with E-state index in [-0.39, 0.29) is 5.41 Å². The third-order valence-electron chi connectivity index (χ3n) is 2.59. The van der Waals surface area contributed by atoms with Crippen LogP contribution in [0.3, 0.4) is 0 Å². The molecule has 3 heteroatoms. The van der Waals surface area contributed by atoms with Crippen LogP contribution >= 0.6 is 0 Å². The van der Waals surface area contributed by atoms with Crippen LogP contribution in [0.25, 0.3) is 0 Å². The summed E-state index contributed by atoms with van der Waals surface area (Å²) in [5, 5.41) is 9.66. The molecule has 0 aliphatic carbocycles. The van der Waals surface area contributed by atoms with E-state index in [9.17, 15) is 5.11 Å². The number of ether oxygens (including phenoxy) is 2. The van der Waals surface area contributed by atoms with Crippen molar-refractivity contribution in [2.75, 3.05) is 13.7 Å². The Morgan fingerprint density at radius 1 is 1.73 bits per heavy atom. The van der Waals surface area contributed by atoms with Crippen molar-refractivity contribution in [1.29, 1.82) is 0 Å². The lowest BCUT2D eigenvalue weighted by atomic mass is 9.84. The van der Waals surface area contributed by atoms with Gasteiger partial charge in [0.05, 0.1) is 6.61 Å². The van der Waals surface area contributed by atoms with E-state index in [0.29, 0.717) is 6.61 Å². The Bertz CT molecular complexity index is 137. The molecule has 0 aromatic rings. The van der Waals surface area contributed by atoms with E-state index in [1.165, 1.54) is 0 Å². The minimum Gasteiger partial charge on any atom is -0.387 e. The topological polar surface area (TPSA) is 38.7 Å². The molecular weight excluding hydrogens is 144 g/mol. The molecule has 0 bridgehead atoms. The summed E-state index contributed by atoms with van der Waals surface area (Å²) in [6.45, 7) is 4.64. The van der Waals surface area contributed by atoms with Crippen LogP contribution in [0, 0.1) is 5.41 Å². The van der Waals surface area contributed by atoms with E-state index in [4.69, 9.17) is 9.47 Å². The van der Waals surface area contributed by atoms with E-state index in [1.54, 1.807) is 7.11 Å². The van der Waals surface area contributed by atoms with Crippen molar-refractivity contribution in [3.8, 4) is 0 Å². The molecular formula is C8H16O3. The highest BCUT2D eigenvalue weighted by atomic mass is 16.7. The molecule has 3 atom stereocenters. The summed E-state index contributed by atoms with van der Waals surface area (Å²) < 4.78 is 10.2. The summed E-state index contributed by atoms with van der Waals surface area (Å²) in [4.78, 5) is 0. The van der Waals surface area contributed by atoms with Crippen molar-refractivity contribution in [2.45, 2.75) is 32.7 Å². The third-order valence-corrected chi connectivity index (χ3v) is 2.59. The van der Waals surface area contributed by atoms with Gasteiger partial charge in [-0.25, -0.2) is 0 Å². The first-order chi connectivity index (χ1) is 5.14. The van der Waals surface area contributed by atoms with Gasteiger partial charge in [0.15, 0.2) is 6.29 Å². The van der Waals surface area contributed by atoms with Crippen LogP contribution < -0.4 is 0 Å². The minimum atomic E-state index is -0.488. The predicted molar refractivity (Wildman–Crippen MR) is 41.2 cm³/mol. The van der Waals surface area contributed by atoms with Crippen molar-refractivity contribution < 1.29 is 14.6 Å². The second-order valence-electron chi connectivity index (χ2n) is 3.37. The highest BCUT2D eigenvalue weighted by molar-refractivity contribution is 4.88. The van der Waals surface area contributed by atoms with Crippen LogP contribution in [-0.2, 0) is 9.47 Å². The summed E-state index contributed by atoms with van der Waals surface area (Å²) in [6.07, 6.45) is -0.00829. The lowest BCUT2D eigenvalue weighted by Crippen LogP contribution is -2.35. The van der Waals surface area contributed by atoms with E-state index in [1.807, 2.05) is 13.8 Å². The minimum absolute atomic E-state index is 0.124. The molecule has 0 radical (unpaired) electrons. The van der Waals surface area contributed by atoms with Crippen LogP contribution in [0.1, 0.15) is 20.3 Å². The first-order valence-corrected chi connectivity index (χ1v) is 3.96. The molecule has 0 spiro atoms. The van der Waals surface area contributed by atoms with Gasteiger partial charge in [-0.2, -0.15) is 0 Å². The van der Waals surface area contributed by atoms with Crippen molar-refractivity contribution in [3.05, 3.63) is 0 Å². The molecule has 1 rings (SSSR count). The summed E-state index contributed by atoms with van der Waals surface area (Å²) in [6, 6.07) is 0. The molecule has 1 N–H and O–H groups in total. The fourth-order valence-corrected chi connectivity index (χ4v) is 1.29. The molecule has 3 nitrogen and oxygen atoms in total. The summed E-state index contributed by atoms with van der Waals surface area (Å²) in [5.41, 5.74) is -0.124. The first-order valence-electron chi connectivity index (χ1n) is 3.96. The number of rotatable bonds is 2. The normalized spacial score (nSPS) is 44.7. The highest BCUT2D eigenvalue weighted by Crippen LogP contribution is 2.35. The zero-order valence-corrected chi connectivity index (χ0v) is 7.33. The maximum atomic E-state index is 9.66. The summed E-state index contributed by atoms with van der Waals surface area (Å²) in [7, 11) is 1.55. The van der Waals surface area contributed by atoms with Gasteiger partial charge in [0.1, 0.15) is 6.10 Å². The molecule has 0 amide bonds. The molecule has 1 saturated heterocycles. The monoisotopic (exact) mass is 160 g/mol. The standard InChI is InChI=1S/C8H16O3/c1-4-8(2)5-11-7(10-3)6(8)9/h6-7,9H,4-5H2,1-3H3/t6-,7+,8+/m0/s1. The molecule has 66 valence electrons. The quantitative estimate of drug-likeness (QED) is 0.648. The Hall–Kier alpha value is -0.120. The second-order valence-corrected chi connectivity index (χ2v) is 3.37. The van der Waals surface area contributed by atoms with Gasteiger partial charge in [0, 0.05) is 12.5 Å². The van der Waals surface area contributed by atoms with Crippen LogP contribution in [0.2, 0.25) is 0 Å². The van der Waals surface area contributed by atoms with E-state index in [2.05, 4.69) is 0 Å². The van der Waals surface area contributed by atoms with Crippen molar-refractivity contribution in [3.63, 3.8) is 0 Å². The average Bonchev–Trinajstić information content (AvgIpc) is 2.31. The van der Waals surface area contributed by atoms with Crippen LogP contribution in [0.5, 0.6) is 0 Å². The third kappa shape index (κ3) is 1.41. The molecule has 0 aromatic heterocycles. The van der Waals surface area contributed by atoms with Crippen LogP contribution in [-0.4, -0.2) is 31.2 Å². The summed E-state index contributed by atoms with van der Waals surface area (Å²) in [5.74, 6) is 0. The van der Waals surface area contributed by atoms with Gasteiger partial charge in [-0.1, -0.05) is 13.8 Å². The van der Waals surface area contributed by atoms with Gasteiger partial charge in [-0.15, -0.1) is 0 Å². The van der Waals surface area contributed by atoms with Gasteiger partial charge in [0.25, 0.3) is 0 Å². The van der Waals surface area contributed by atoms with Crippen LogP contribution in [0.4, 0.5) is 0 Å². The van der Waals surface area contributed by atoms with Gasteiger partial charge in [-0.05, 0) is 6.42 Å². The molecule has 1 heterocycles. The van der Waals surface area contributed by atoms with Crippen LogP contribution in [0.15, 0.2) is 0 Å². The second kappa shape index (κ2) is 3.09. The van der Waals surface area contributed by atoms with E-state index < -0.39 is 12.4 Å². The number of aliphatic hydroxyl groups excluding tert-OH is 1. The van der Waals surface area contributed by atoms with Gasteiger partial charge in [0.2, 0.25) is 0 Å². The maximum Gasteiger partial charge on any atom is 0.183 e. The lowest BCUT2D eigenvalue weighted by Gasteiger charge is -2.24. The maximum absolute atomic E-state index is 9.66. The Morgan fingerprint density at radius 2 is 2.36 bits per heavy atom. The zero-order valence-electron chi connectivity index (χ0n) is 7.33. The molecule has 1 aliphatic rings.